The molecule has 6 aromatic rings. The van der Waals surface area contributed by atoms with E-state index in [2.05, 4.69) is 16.0 Å². The van der Waals surface area contributed by atoms with E-state index in [1.807, 2.05) is 78.3 Å². The van der Waals surface area contributed by atoms with E-state index in [-0.39, 0.29) is 26.8 Å². The van der Waals surface area contributed by atoms with Crippen molar-refractivity contribution in [3.63, 3.8) is 0 Å². The van der Waals surface area contributed by atoms with Crippen LogP contribution in [0.2, 0.25) is 0 Å². The first-order valence-corrected chi connectivity index (χ1v) is 10.8. The molecule has 0 aliphatic rings. The fourth-order valence-electron chi connectivity index (χ4n) is 4.09. The summed E-state index contributed by atoms with van der Waals surface area (Å²) in [5.74, 6) is 1.64. The van der Waals surface area contributed by atoms with Crippen LogP contribution in [0.1, 0.15) is 0 Å². The van der Waals surface area contributed by atoms with Crippen LogP contribution in [-0.4, -0.2) is 38.7 Å². The van der Waals surface area contributed by atoms with E-state index >= 15 is 0 Å². The second-order valence-electron chi connectivity index (χ2n) is 8.17. The number of phenols is 1. The number of benzene rings is 2. The molecule has 2 aromatic carbocycles. The number of fused-ring (bicyclic) bond motifs is 4. The first-order valence-electron chi connectivity index (χ1n) is 10.8. The molecule has 8 heteroatoms. The number of aromatic hydroxyl groups is 1. The Labute approximate surface area is 215 Å². The van der Waals surface area contributed by atoms with E-state index < -0.39 is 0 Å². The summed E-state index contributed by atoms with van der Waals surface area (Å²) in [7, 11) is 3.97. The molecular formula is C27H20N5O2Pt-. The van der Waals surface area contributed by atoms with Crippen molar-refractivity contribution in [2.45, 2.75) is 0 Å². The van der Waals surface area contributed by atoms with Gasteiger partial charge in [0.15, 0.2) is 0 Å². The molecular weight excluding hydrogens is 621 g/mol. The Morgan fingerprint density at radius 2 is 1.74 bits per heavy atom. The van der Waals surface area contributed by atoms with Crippen molar-refractivity contribution in [3.05, 3.63) is 85.2 Å². The van der Waals surface area contributed by atoms with Crippen LogP contribution in [0.5, 0.6) is 17.4 Å². The monoisotopic (exact) mass is 641 g/mol. The Morgan fingerprint density at radius 1 is 0.886 bits per heavy atom. The van der Waals surface area contributed by atoms with E-state index in [9.17, 15) is 5.11 Å². The fraction of sp³-hybridized carbons (Fsp3) is 0.0741. The molecule has 0 bridgehead atoms. The normalized spacial score (nSPS) is 11.0. The Morgan fingerprint density at radius 3 is 2.54 bits per heavy atom. The molecule has 0 aliphatic carbocycles. The molecule has 4 aromatic heterocycles. The molecule has 0 atom stereocenters. The summed E-state index contributed by atoms with van der Waals surface area (Å²) >= 11 is 0. The Hall–Kier alpha value is -3.96. The van der Waals surface area contributed by atoms with Crippen molar-refractivity contribution in [1.29, 1.82) is 0 Å². The van der Waals surface area contributed by atoms with Gasteiger partial charge in [-0.3, -0.25) is 0 Å². The molecule has 6 rings (SSSR count). The van der Waals surface area contributed by atoms with Crippen molar-refractivity contribution in [2.75, 3.05) is 19.0 Å². The summed E-state index contributed by atoms with van der Waals surface area (Å²) in [6, 6.07) is 24.3. The standard InChI is InChI=1S/C27H20N5O2.Pt/c1-31(2)18-11-12-24(28-15-18)32-21-8-4-3-7-20(21)27-22(32)14-19(16-29-27)34-25-13-10-17-6-5-9-23(33)26(17)30-25;/h3-13,15-16,33H,1-2H3;/q-1;. The molecule has 0 unspecified atom stereocenters. The third kappa shape index (κ3) is 3.98. The molecule has 0 saturated carbocycles. The summed E-state index contributed by atoms with van der Waals surface area (Å²) in [4.78, 5) is 15.8. The van der Waals surface area contributed by atoms with Crippen molar-refractivity contribution in [1.82, 2.24) is 19.5 Å². The summed E-state index contributed by atoms with van der Waals surface area (Å²) < 4.78 is 8.04. The number of aromatic nitrogens is 4. The maximum Gasteiger partial charge on any atom is 0.217 e. The fourth-order valence-corrected chi connectivity index (χ4v) is 4.09. The summed E-state index contributed by atoms with van der Waals surface area (Å²) in [5.41, 5.74) is 4.05. The summed E-state index contributed by atoms with van der Waals surface area (Å²) in [5, 5.41) is 12.0. The van der Waals surface area contributed by atoms with Crippen LogP contribution in [0.3, 0.4) is 0 Å². The Kier molecular flexibility index (Phi) is 5.87. The minimum absolute atomic E-state index is 0. The first-order chi connectivity index (χ1) is 16.6. The number of nitrogens with zero attached hydrogens (tertiary/aromatic N) is 5. The van der Waals surface area contributed by atoms with Gasteiger partial charge in [0.05, 0.1) is 11.9 Å². The van der Waals surface area contributed by atoms with Crippen molar-refractivity contribution >= 4 is 38.5 Å². The number of pyridine rings is 3. The van der Waals surface area contributed by atoms with Crippen molar-refractivity contribution in [3.8, 4) is 23.2 Å². The van der Waals surface area contributed by atoms with E-state index in [0.717, 1.165) is 38.8 Å². The van der Waals surface area contributed by atoms with Gasteiger partial charge in [-0.2, -0.15) is 0 Å². The average Bonchev–Trinajstić information content (AvgIpc) is 3.18. The Balaban J connectivity index is 0.00000253. The van der Waals surface area contributed by atoms with Gasteiger partial charge >= 0.3 is 0 Å². The largest absolute Gasteiger partial charge is 0.506 e. The topological polar surface area (TPSA) is 76.3 Å². The van der Waals surface area contributed by atoms with Crippen molar-refractivity contribution < 1.29 is 30.9 Å². The van der Waals surface area contributed by atoms with E-state index in [0.29, 0.717) is 17.1 Å². The molecule has 0 saturated heterocycles. The first kappa shape index (κ1) is 22.8. The van der Waals surface area contributed by atoms with Crippen LogP contribution in [-0.2, 0) is 21.1 Å². The number of hydrogen-bond donors (Lipinski definition) is 1. The molecule has 0 spiro atoms. The van der Waals surface area contributed by atoms with Gasteiger partial charge in [0.25, 0.3) is 0 Å². The zero-order valence-electron chi connectivity index (χ0n) is 18.9. The number of rotatable bonds is 4. The van der Waals surface area contributed by atoms with Crippen LogP contribution in [0.25, 0.3) is 38.7 Å². The van der Waals surface area contributed by atoms with Crippen LogP contribution in [0.15, 0.2) is 79.1 Å². The number of ether oxygens (including phenoxy) is 1. The van der Waals surface area contributed by atoms with Crippen molar-refractivity contribution in [2.24, 2.45) is 0 Å². The van der Waals surface area contributed by atoms with Crippen LogP contribution in [0.4, 0.5) is 5.69 Å². The van der Waals surface area contributed by atoms with E-state index in [1.165, 1.54) is 0 Å². The number of phenolic OH excluding ortho intramolecular Hbond substituents is 1. The molecule has 35 heavy (non-hydrogen) atoms. The van der Waals surface area contributed by atoms with Crippen LogP contribution >= 0.6 is 0 Å². The van der Waals surface area contributed by atoms with Gasteiger partial charge in [-0.25, -0.2) is 9.97 Å². The van der Waals surface area contributed by atoms with Gasteiger partial charge in [-0.1, -0.05) is 30.3 Å². The molecule has 0 aliphatic heterocycles. The van der Waals surface area contributed by atoms with Gasteiger partial charge in [0.2, 0.25) is 5.88 Å². The maximum absolute atomic E-state index is 10.1. The molecule has 1 N–H and O–H groups in total. The number of anilines is 1. The summed E-state index contributed by atoms with van der Waals surface area (Å²) in [6.45, 7) is 0. The third-order valence-corrected chi connectivity index (χ3v) is 5.77. The minimum Gasteiger partial charge on any atom is -0.506 e. The van der Waals surface area contributed by atoms with Crippen LogP contribution in [0, 0.1) is 6.07 Å². The average molecular weight is 642 g/mol. The van der Waals surface area contributed by atoms with Gasteiger partial charge in [-0.15, -0.1) is 6.07 Å². The Bertz CT molecular complexity index is 1680. The quantitative estimate of drug-likeness (QED) is 0.257. The summed E-state index contributed by atoms with van der Waals surface area (Å²) in [6.07, 6.45) is 3.48. The predicted octanol–water partition coefficient (Wildman–Crippen LogP) is 5.48. The number of para-hydroxylation sites is 2. The second kappa shape index (κ2) is 9.00. The molecule has 4 heterocycles. The zero-order chi connectivity index (χ0) is 23.2. The maximum atomic E-state index is 10.1. The predicted molar refractivity (Wildman–Crippen MR) is 133 cm³/mol. The zero-order valence-corrected chi connectivity index (χ0v) is 21.2. The molecule has 176 valence electrons. The van der Waals surface area contributed by atoms with Crippen LogP contribution < -0.4 is 9.64 Å². The third-order valence-electron chi connectivity index (χ3n) is 5.77. The molecule has 0 radical (unpaired) electrons. The van der Waals surface area contributed by atoms with E-state index in [4.69, 9.17) is 9.72 Å². The van der Waals surface area contributed by atoms with Gasteiger partial charge in [0.1, 0.15) is 17.1 Å². The molecule has 0 fully saturated rings. The van der Waals surface area contributed by atoms with Gasteiger partial charge in [0, 0.05) is 57.9 Å². The number of hydrogen-bond acceptors (Lipinski definition) is 6. The smallest absolute Gasteiger partial charge is 0.217 e. The second-order valence-corrected chi connectivity index (χ2v) is 8.17. The van der Waals surface area contributed by atoms with Gasteiger partial charge in [-0.05, 0) is 52.9 Å². The van der Waals surface area contributed by atoms with Gasteiger partial charge < -0.3 is 24.3 Å². The molecule has 7 nitrogen and oxygen atoms in total. The SMILES string of the molecule is CN(C)c1ccc(-n2c3[c-]c(Oc4ccc5cccc(O)c5n4)cnc3c3ccccc32)nc1.[Pt]. The van der Waals surface area contributed by atoms with E-state index in [1.54, 1.807) is 24.4 Å². The minimum atomic E-state index is 0. The molecule has 0 amide bonds.